The van der Waals surface area contributed by atoms with Crippen molar-refractivity contribution in [2.45, 2.75) is 30.8 Å². The Bertz CT molecular complexity index is 1330. The van der Waals surface area contributed by atoms with Crippen LogP contribution in [0.4, 0.5) is 4.79 Å². The van der Waals surface area contributed by atoms with E-state index in [-0.39, 0.29) is 22.4 Å². The van der Waals surface area contributed by atoms with Gasteiger partial charge in [0.1, 0.15) is 11.9 Å². The Labute approximate surface area is 197 Å². The van der Waals surface area contributed by atoms with E-state index in [2.05, 4.69) is 5.10 Å². The van der Waals surface area contributed by atoms with Gasteiger partial charge in [0, 0.05) is 68.9 Å². The third-order valence-corrected chi connectivity index (χ3v) is 6.85. The van der Waals surface area contributed by atoms with Gasteiger partial charge in [-0.05, 0) is 37.3 Å². The number of nitrogens with zero attached hydrogens (tertiary/aromatic N) is 4. The molecule has 0 radical (unpaired) electrons. The minimum atomic E-state index is -3.31. The summed E-state index contributed by atoms with van der Waals surface area (Å²) < 4.78 is 37.6. The Kier molecular flexibility index (Phi) is 6.47. The second kappa shape index (κ2) is 9.34. The van der Waals surface area contributed by atoms with Gasteiger partial charge in [0.25, 0.3) is 5.56 Å². The van der Waals surface area contributed by atoms with E-state index in [1.54, 1.807) is 47.1 Å². The number of benzene rings is 1. The quantitative estimate of drug-likeness (QED) is 0.544. The lowest BCUT2D eigenvalue weighted by molar-refractivity contribution is 0.0921. The number of hydrogen-bond acceptors (Lipinski definition) is 7. The molecule has 0 unspecified atom stereocenters. The maximum absolute atomic E-state index is 12.6. The molecular weight excluding hydrogens is 460 g/mol. The molecule has 0 saturated carbocycles. The molecule has 1 aromatic carbocycles. The third-order valence-electron chi connectivity index (χ3n) is 5.72. The number of sulfone groups is 1. The number of carbonyl (C=O) groups is 1. The van der Waals surface area contributed by atoms with E-state index in [1.807, 2.05) is 6.92 Å². The summed E-state index contributed by atoms with van der Waals surface area (Å²) in [5, 5.41) is 4.13. The Hall–Kier alpha value is -3.60. The van der Waals surface area contributed by atoms with E-state index < -0.39 is 15.9 Å². The lowest BCUT2D eigenvalue weighted by Crippen LogP contribution is -2.43. The summed E-state index contributed by atoms with van der Waals surface area (Å²) in [6, 6.07) is 10.9. The molecule has 1 saturated heterocycles. The molecule has 0 spiro atoms. The number of aryl methyl sites for hydroxylation is 2. The van der Waals surface area contributed by atoms with Crippen LogP contribution in [0.25, 0.3) is 5.69 Å². The van der Waals surface area contributed by atoms with Crippen molar-refractivity contribution >= 4 is 15.9 Å². The fourth-order valence-electron chi connectivity index (χ4n) is 3.68. The average molecular weight is 487 g/mol. The van der Waals surface area contributed by atoms with E-state index in [0.29, 0.717) is 37.4 Å². The van der Waals surface area contributed by atoms with Crippen LogP contribution in [0.1, 0.15) is 18.5 Å². The topological polar surface area (TPSA) is 113 Å². The molecule has 1 amide bonds. The fourth-order valence-corrected chi connectivity index (χ4v) is 4.31. The number of piperidine rings is 1. The van der Waals surface area contributed by atoms with Crippen molar-refractivity contribution in [3.8, 4) is 17.3 Å². The summed E-state index contributed by atoms with van der Waals surface area (Å²) in [7, 11) is -1.52. The zero-order valence-electron chi connectivity index (χ0n) is 19.2. The number of ether oxygens (including phenoxy) is 2. The predicted octanol–water partition coefficient (Wildman–Crippen LogP) is 2.33. The maximum atomic E-state index is 12.6. The van der Waals surface area contributed by atoms with Crippen molar-refractivity contribution < 1.29 is 22.7 Å². The van der Waals surface area contributed by atoms with E-state index in [4.69, 9.17) is 9.47 Å². The number of likely N-dealkylation sites (tertiary alicyclic amines) is 1. The lowest BCUT2D eigenvalue weighted by atomic mass is 10.1. The number of rotatable bonds is 5. The maximum Gasteiger partial charge on any atom is 0.416 e. The van der Waals surface area contributed by atoms with Crippen molar-refractivity contribution in [3.05, 3.63) is 64.7 Å². The molecule has 180 valence electrons. The molecule has 0 N–H and O–H groups in total. The second-order valence-electron chi connectivity index (χ2n) is 8.26. The Morgan fingerprint density at radius 2 is 1.76 bits per heavy atom. The highest BCUT2D eigenvalue weighted by atomic mass is 32.2. The molecule has 2 aromatic heterocycles. The first-order chi connectivity index (χ1) is 16.1. The molecule has 11 heteroatoms. The molecule has 34 heavy (non-hydrogen) atoms. The van der Waals surface area contributed by atoms with E-state index in [0.717, 1.165) is 11.9 Å². The van der Waals surface area contributed by atoms with Gasteiger partial charge in [0.05, 0.1) is 4.90 Å². The van der Waals surface area contributed by atoms with Gasteiger partial charge >= 0.3 is 6.09 Å². The highest BCUT2D eigenvalue weighted by Gasteiger charge is 2.26. The van der Waals surface area contributed by atoms with Crippen molar-refractivity contribution in [2.24, 2.45) is 7.05 Å². The van der Waals surface area contributed by atoms with Crippen molar-refractivity contribution in [1.29, 1.82) is 0 Å². The molecule has 1 aliphatic heterocycles. The van der Waals surface area contributed by atoms with Crippen LogP contribution < -0.4 is 15.0 Å². The molecule has 3 heterocycles. The van der Waals surface area contributed by atoms with Crippen molar-refractivity contribution in [1.82, 2.24) is 19.2 Å². The largest absolute Gasteiger partial charge is 0.490 e. The van der Waals surface area contributed by atoms with Gasteiger partial charge in [-0.1, -0.05) is 0 Å². The minimum Gasteiger partial charge on any atom is -0.490 e. The number of pyridine rings is 1. The smallest absolute Gasteiger partial charge is 0.416 e. The van der Waals surface area contributed by atoms with E-state index >= 15 is 0 Å². The van der Waals surface area contributed by atoms with Gasteiger partial charge in [-0.3, -0.25) is 14.0 Å². The molecule has 4 rings (SSSR count). The third kappa shape index (κ3) is 5.30. The summed E-state index contributed by atoms with van der Waals surface area (Å²) in [4.78, 5) is 26.8. The standard InChI is InChI=1S/C23H26N4O6S/c1-16-14-21(24-25(16)2)33-23(29)26-11-8-18(9-12-26)32-19-10-13-27(22(28)15-19)17-4-6-20(7-5-17)34(3,30)31/h4-7,10,13-15,18H,8-9,11-12H2,1-3H3. The molecule has 0 aliphatic carbocycles. The highest BCUT2D eigenvalue weighted by molar-refractivity contribution is 7.90. The number of amides is 1. The van der Waals surface area contributed by atoms with Gasteiger partial charge in [-0.25, -0.2) is 13.2 Å². The van der Waals surface area contributed by atoms with Gasteiger partial charge in [-0.15, -0.1) is 5.10 Å². The summed E-state index contributed by atoms with van der Waals surface area (Å²) >= 11 is 0. The van der Waals surface area contributed by atoms with Crippen LogP contribution in [0, 0.1) is 6.92 Å². The molecular formula is C23H26N4O6S. The number of carbonyl (C=O) groups excluding carboxylic acids is 1. The van der Waals surface area contributed by atoms with Crippen LogP contribution in [0.2, 0.25) is 0 Å². The second-order valence-corrected chi connectivity index (χ2v) is 10.3. The van der Waals surface area contributed by atoms with Gasteiger partial charge in [0.2, 0.25) is 5.88 Å². The summed E-state index contributed by atoms with van der Waals surface area (Å²) in [5.41, 5.74) is 1.15. The van der Waals surface area contributed by atoms with Crippen LogP contribution in [-0.4, -0.2) is 59.2 Å². The lowest BCUT2D eigenvalue weighted by Gasteiger charge is -2.31. The van der Waals surface area contributed by atoms with Crippen LogP contribution in [-0.2, 0) is 16.9 Å². The van der Waals surface area contributed by atoms with Crippen LogP contribution in [0.15, 0.2) is 58.4 Å². The van der Waals surface area contributed by atoms with Gasteiger partial charge in [-0.2, -0.15) is 0 Å². The van der Waals surface area contributed by atoms with E-state index in [1.165, 1.54) is 22.8 Å². The number of aromatic nitrogens is 3. The Balaban J connectivity index is 1.34. The van der Waals surface area contributed by atoms with Crippen LogP contribution in [0.5, 0.6) is 11.6 Å². The molecule has 10 nitrogen and oxygen atoms in total. The first kappa shape index (κ1) is 23.6. The summed E-state index contributed by atoms with van der Waals surface area (Å²) in [5.74, 6) is 0.717. The Morgan fingerprint density at radius 1 is 1.09 bits per heavy atom. The molecule has 0 atom stereocenters. The van der Waals surface area contributed by atoms with Crippen molar-refractivity contribution in [2.75, 3.05) is 19.3 Å². The molecule has 1 aliphatic rings. The normalized spacial score (nSPS) is 14.7. The molecule has 3 aromatic rings. The SMILES string of the molecule is Cc1cc(OC(=O)N2CCC(Oc3ccn(-c4ccc(S(C)(=O)=O)cc4)c(=O)c3)CC2)nn1C. The first-order valence-corrected chi connectivity index (χ1v) is 12.7. The first-order valence-electron chi connectivity index (χ1n) is 10.8. The van der Waals surface area contributed by atoms with Crippen molar-refractivity contribution in [3.63, 3.8) is 0 Å². The van der Waals surface area contributed by atoms with Crippen LogP contribution in [0.3, 0.4) is 0 Å². The monoisotopic (exact) mass is 486 g/mol. The number of hydrogen-bond donors (Lipinski definition) is 0. The summed E-state index contributed by atoms with van der Waals surface area (Å²) in [6.45, 7) is 2.82. The zero-order chi connectivity index (χ0) is 24.5. The van der Waals surface area contributed by atoms with Gasteiger partial charge in [0.15, 0.2) is 9.84 Å². The molecule has 0 bridgehead atoms. The van der Waals surface area contributed by atoms with E-state index in [9.17, 15) is 18.0 Å². The highest BCUT2D eigenvalue weighted by Crippen LogP contribution is 2.20. The minimum absolute atomic E-state index is 0.134. The summed E-state index contributed by atoms with van der Waals surface area (Å²) in [6.07, 6.45) is 3.36. The van der Waals surface area contributed by atoms with Crippen LogP contribution >= 0.6 is 0 Å². The predicted molar refractivity (Wildman–Crippen MR) is 124 cm³/mol. The van der Waals surface area contributed by atoms with Gasteiger partial charge < -0.3 is 14.4 Å². The molecule has 1 fully saturated rings. The Morgan fingerprint density at radius 3 is 2.32 bits per heavy atom. The zero-order valence-corrected chi connectivity index (χ0v) is 20.0. The fraction of sp³-hybridized carbons (Fsp3) is 0.348. The average Bonchev–Trinajstić information content (AvgIpc) is 3.10.